The Bertz CT molecular complexity index is 309. The van der Waals surface area contributed by atoms with Crippen molar-refractivity contribution in [3.05, 3.63) is 21.3 Å². The van der Waals surface area contributed by atoms with Crippen LogP contribution < -0.4 is 11.2 Å². The maximum Gasteiger partial charge on any atom is 0.332 e. The minimum atomic E-state index is -0.686. The highest BCUT2D eigenvalue weighted by Crippen LogP contribution is 2.16. The van der Waals surface area contributed by atoms with Crippen molar-refractivity contribution in [1.82, 2.24) is 5.43 Å². The minimum Gasteiger partial charge on any atom is -0.350 e. The molecule has 0 atom stereocenters. The average molecular weight is 204 g/mol. The van der Waals surface area contributed by atoms with Gasteiger partial charge in [0, 0.05) is 10.3 Å². The van der Waals surface area contributed by atoms with Crippen LogP contribution in [-0.4, -0.2) is 12.2 Å². The Hall–Kier alpha value is -1.07. The number of hydrogen-bond donors (Lipinski definition) is 2. The Balaban J connectivity index is 2.52. The fraction of sp³-hybridized carbons (Fsp3) is 0. The van der Waals surface area contributed by atoms with Crippen molar-refractivity contribution in [3.63, 3.8) is 0 Å². The second kappa shape index (κ2) is 4.08. The first kappa shape index (κ1) is 9.02. The van der Waals surface area contributed by atoms with E-state index in [2.05, 4.69) is 10.5 Å². The minimum absolute atomic E-state index is 0.653. The Labute approximate surface area is 78.0 Å². The molecule has 4 nitrogen and oxygen atoms in total. The largest absolute Gasteiger partial charge is 0.350 e. The maximum atomic E-state index is 10.2. The number of carbonyl (C=O) groups is 1. The van der Waals surface area contributed by atoms with Crippen LogP contribution in [0.15, 0.2) is 16.5 Å². The first-order chi connectivity index (χ1) is 5.68. The van der Waals surface area contributed by atoms with Crippen LogP contribution in [0.5, 0.6) is 0 Å². The summed E-state index contributed by atoms with van der Waals surface area (Å²) in [4.78, 5) is 11.0. The molecule has 0 bridgehead atoms. The fourth-order valence-corrected chi connectivity index (χ4v) is 1.50. The highest BCUT2D eigenvalue weighted by atomic mass is 35.5. The molecule has 1 heterocycles. The van der Waals surface area contributed by atoms with Crippen LogP contribution in [0, 0.1) is 0 Å². The number of hydrazone groups is 1. The monoisotopic (exact) mass is 203 g/mol. The molecule has 0 radical (unpaired) electrons. The van der Waals surface area contributed by atoms with E-state index in [9.17, 15) is 4.79 Å². The normalized spacial score (nSPS) is 10.4. The molecule has 0 saturated carbocycles. The highest BCUT2D eigenvalue weighted by molar-refractivity contribution is 7.12. The second-order valence-electron chi connectivity index (χ2n) is 1.90. The van der Waals surface area contributed by atoms with Gasteiger partial charge >= 0.3 is 6.03 Å². The molecular formula is C6H6ClN3OS. The molecule has 6 heteroatoms. The van der Waals surface area contributed by atoms with E-state index < -0.39 is 6.03 Å². The summed E-state index contributed by atoms with van der Waals surface area (Å²) in [6, 6.07) is 1.05. The lowest BCUT2D eigenvalue weighted by molar-refractivity contribution is 0.249. The van der Waals surface area contributed by atoms with Gasteiger partial charge in [-0.05, 0) is 6.07 Å². The third kappa shape index (κ3) is 2.89. The molecule has 0 aromatic carbocycles. The summed E-state index contributed by atoms with van der Waals surface area (Å²) in [5.41, 5.74) is 6.85. The highest BCUT2D eigenvalue weighted by Gasteiger charge is 1.93. The standard InChI is InChI=1S/C6H6ClN3OS/c7-4-1-5(12-3-4)2-9-10-6(8)11/h1-3H,(H3,8,10,11). The summed E-state index contributed by atoms with van der Waals surface area (Å²) in [5, 5.41) is 5.98. The van der Waals surface area contributed by atoms with Crippen molar-refractivity contribution in [1.29, 1.82) is 0 Å². The Kier molecular flexibility index (Phi) is 3.07. The molecule has 0 aliphatic carbocycles. The van der Waals surface area contributed by atoms with Crippen LogP contribution in [-0.2, 0) is 0 Å². The number of thiophene rings is 1. The van der Waals surface area contributed by atoms with E-state index in [1.807, 2.05) is 0 Å². The molecular weight excluding hydrogens is 198 g/mol. The number of nitrogens with one attached hydrogen (secondary N) is 1. The van der Waals surface area contributed by atoms with Crippen LogP contribution >= 0.6 is 22.9 Å². The molecule has 0 unspecified atom stereocenters. The lowest BCUT2D eigenvalue weighted by Gasteiger charge is -1.87. The van der Waals surface area contributed by atoms with E-state index in [1.54, 1.807) is 11.4 Å². The smallest absolute Gasteiger partial charge is 0.332 e. The second-order valence-corrected chi connectivity index (χ2v) is 3.28. The van der Waals surface area contributed by atoms with Crippen LogP contribution in [0.3, 0.4) is 0 Å². The van der Waals surface area contributed by atoms with E-state index >= 15 is 0 Å². The van der Waals surface area contributed by atoms with Gasteiger partial charge in [-0.25, -0.2) is 10.2 Å². The SMILES string of the molecule is NC(=O)NN=Cc1cc(Cl)cs1. The van der Waals surface area contributed by atoms with Gasteiger partial charge in [0.15, 0.2) is 0 Å². The van der Waals surface area contributed by atoms with E-state index in [0.29, 0.717) is 5.02 Å². The summed E-state index contributed by atoms with van der Waals surface area (Å²) in [6.07, 6.45) is 1.47. The van der Waals surface area contributed by atoms with Crippen molar-refractivity contribution >= 4 is 35.2 Å². The molecule has 2 amide bonds. The van der Waals surface area contributed by atoms with Gasteiger partial charge in [0.25, 0.3) is 0 Å². The van der Waals surface area contributed by atoms with E-state index in [1.165, 1.54) is 17.6 Å². The summed E-state index contributed by atoms with van der Waals surface area (Å²) < 4.78 is 0. The van der Waals surface area contributed by atoms with Crippen molar-refractivity contribution in [3.8, 4) is 0 Å². The fourth-order valence-electron chi connectivity index (χ4n) is 0.555. The molecule has 0 aliphatic rings. The van der Waals surface area contributed by atoms with Crippen LogP contribution in [0.2, 0.25) is 5.02 Å². The average Bonchev–Trinajstić information content (AvgIpc) is 2.35. The predicted molar refractivity (Wildman–Crippen MR) is 49.6 cm³/mol. The lowest BCUT2D eigenvalue weighted by Crippen LogP contribution is -2.24. The number of urea groups is 1. The molecule has 0 fully saturated rings. The van der Waals surface area contributed by atoms with Gasteiger partial charge in [0.05, 0.1) is 11.2 Å². The first-order valence-corrected chi connectivity index (χ1v) is 4.27. The quantitative estimate of drug-likeness (QED) is 0.554. The molecule has 12 heavy (non-hydrogen) atoms. The van der Waals surface area contributed by atoms with E-state index in [4.69, 9.17) is 17.3 Å². The predicted octanol–water partition coefficient (Wildman–Crippen LogP) is 1.40. The first-order valence-electron chi connectivity index (χ1n) is 3.01. The number of nitrogens with two attached hydrogens (primary N) is 1. The molecule has 0 aliphatic heterocycles. The van der Waals surface area contributed by atoms with Crippen molar-refractivity contribution in [2.75, 3.05) is 0 Å². The van der Waals surface area contributed by atoms with Gasteiger partial charge in [0.2, 0.25) is 0 Å². The van der Waals surface area contributed by atoms with Crippen molar-refractivity contribution in [2.24, 2.45) is 10.8 Å². The Morgan fingerprint density at radius 2 is 2.58 bits per heavy atom. The number of nitrogens with zero attached hydrogens (tertiary/aromatic N) is 1. The van der Waals surface area contributed by atoms with Gasteiger partial charge in [-0.1, -0.05) is 11.6 Å². The molecule has 64 valence electrons. The zero-order chi connectivity index (χ0) is 8.97. The molecule has 3 N–H and O–H groups in total. The number of halogens is 1. The number of carbonyl (C=O) groups excluding carboxylic acids is 1. The van der Waals surface area contributed by atoms with Gasteiger partial charge in [-0.2, -0.15) is 5.10 Å². The van der Waals surface area contributed by atoms with E-state index in [-0.39, 0.29) is 0 Å². The number of primary amides is 1. The zero-order valence-corrected chi connectivity index (χ0v) is 7.52. The summed E-state index contributed by atoms with van der Waals surface area (Å²) in [6.45, 7) is 0. The third-order valence-corrected chi connectivity index (χ3v) is 2.17. The topological polar surface area (TPSA) is 67.5 Å². The molecule has 0 spiro atoms. The van der Waals surface area contributed by atoms with Crippen molar-refractivity contribution in [2.45, 2.75) is 0 Å². The molecule has 1 aromatic heterocycles. The van der Waals surface area contributed by atoms with Crippen molar-refractivity contribution < 1.29 is 4.79 Å². The summed E-state index contributed by atoms with van der Waals surface area (Å²) >= 11 is 7.07. The van der Waals surface area contributed by atoms with Crippen LogP contribution in [0.4, 0.5) is 4.79 Å². The third-order valence-electron chi connectivity index (χ3n) is 0.954. The van der Waals surface area contributed by atoms with Gasteiger partial charge in [-0.15, -0.1) is 11.3 Å². The summed E-state index contributed by atoms with van der Waals surface area (Å²) in [5.74, 6) is 0. The van der Waals surface area contributed by atoms with Crippen LogP contribution in [0.1, 0.15) is 4.88 Å². The van der Waals surface area contributed by atoms with Crippen LogP contribution in [0.25, 0.3) is 0 Å². The molecule has 0 saturated heterocycles. The van der Waals surface area contributed by atoms with Gasteiger partial charge < -0.3 is 5.73 Å². The zero-order valence-electron chi connectivity index (χ0n) is 5.95. The number of amides is 2. The maximum absolute atomic E-state index is 10.2. The van der Waals surface area contributed by atoms with E-state index in [0.717, 1.165) is 4.88 Å². The Morgan fingerprint density at radius 3 is 3.08 bits per heavy atom. The van der Waals surface area contributed by atoms with Gasteiger partial charge in [-0.3, -0.25) is 0 Å². The Morgan fingerprint density at radius 1 is 1.83 bits per heavy atom. The number of rotatable bonds is 2. The molecule has 1 rings (SSSR count). The molecule has 1 aromatic rings. The number of hydrogen-bond acceptors (Lipinski definition) is 3. The summed E-state index contributed by atoms with van der Waals surface area (Å²) in [7, 11) is 0. The lowest BCUT2D eigenvalue weighted by atomic mass is 10.5. The van der Waals surface area contributed by atoms with Gasteiger partial charge in [0.1, 0.15) is 0 Å².